The van der Waals surface area contributed by atoms with Gasteiger partial charge in [0.25, 0.3) is 5.91 Å². The molecule has 1 aliphatic rings. The SMILES string of the molecule is Cc1ccc(C(=O)N(C)C)cc1NC(=O)NCCC(=O)N1CCCC1. The number of aryl methyl sites for hydroxylation is 1. The molecule has 0 bridgehead atoms. The zero-order valence-corrected chi connectivity index (χ0v) is 15.1. The molecule has 0 spiro atoms. The third-order valence-corrected chi connectivity index (χ3v) is 4.22. The lowest BCUT2D eigenvalue weighted by atomic mass is 10.1. The van der Waals surface area contributed by atoms with Crippen molar-refractivity contribution >= 4 is 23.5 Å². The van der Waals surface area contributed by atoms with Crippen molar-refractivity contribution < 1.29 is 14.4 Å². The Morgan fingerprint density at radius 2 is 1.84 bits per heavy atom. The molecule has 1 fully saturated rings. The molecule has 7 heteroatoms. The van der Waals surface area contributed by atoms with Gasteiger partial charge >= 0.3 is 6.03 Å². The molecule has 1 aromatic carbocycles. The highest BCUT2D eigenvalue weighted by Crippen LogP contribution is 2.17. The molecule has 7 nitrogen and oxygen atoms in total. The summed E-state index contributed by atoms with van der Waals surface area (Å²) in [5.41, 5.74) is 1.95. The molecule has 0 atom stereocenters. The minimum absolute atomic E-state index is 0.0764. The number of carbonyl (C=O) groups is 3. The van der Waals surface area contributed by atoms with E-state index in [-0.39, 0.29) is 24.4 Å². The zero-order chi connectivity index (χ0) is 18.4. The molecule has 0 radical (unpaired) electrons. The standard InChI is InChI=1S/C18H26N4O3/c1-13-6-7-14(17(24)21(2)3)12-15(13)20-18(25)19-9-8-16(23)22-10-4-5-11-22/h6-7,12H,4-5,8-11H2,1-3H3,(H2,19,20,25). The molecule has 1 saturated heterocycles. The fourth-order valence-electron chi connectivity index (χ4n) is 2.72. The number of nitrogens with one attached hydrogen (secondary N) is 2. The normalized spacial score (nSPS) is 13.5. The van der Waals surface area contributed by atoms with Crippen LogP contribution in [0.4, 0.5) is 10.5 Å². The molecule has 1 heterocycles. The van der Waals surface area contributed by atoms with Crippen molar-refractivity contribution in [1.82, 2.24) is 15.1 Å². The number of nitrogens with zero attached hydrogens (tertiary/aromatic N) is 2. The van der Waals surface area contributed by atoms with Crippen LogP contribution in [0.5, 0.6) is 0 Å². The summed E-state index contributed by atoms with van der Waals surface area (Å²) in [7, 11) is 3.36. The average Bonchev–Trinajstić information content (AvgIpc) is 3.10. The molecule has 25 heavy (non-hydrogen) atoms. The van der Waals surface area contributed by atoms with E-state index in [9.17, 15) is 14.4 Å². The molecule has 0 aliphatic carbocycles. The predicted molar refractivity (Wildman–Crippen MR) is 96.6 cm³/mol. The summed E-state index contributed by atoms with van der Waals surface area (Å²) in [5.74, 6) is -0.0489. The zero-order valence-electron chi connectivity index (χ0n) is 15.1. The molecule has 0 aromatic heterocycles. The first kappa shape index (κ1) is 18.8. The first-order valence-corrected chi connectivity index (χ1v) is 8.53. The Morgan fingerprint density at radius 3 is 2.48 bits per heavy atom. The second-order valence-electron chi connectivity index (χ2n) is 6.45. The quantitative estimate of drug-likeness (QED) is 0.853. The predicted octanol–water partition coefficient (Wildman–Crippen LogP) is 1.83. The van der Waals surface area contributed by atoms with E-state index in [0.717, 1.165) is 31.5 Å². The Balaban J connectivity index is 1.86. The lowest BCUT2D eigenvalue weighted by Gasteiger charge is -2.16. The molecule has 2 rings (SSSR count). The Hall–Kier alpha value is -2.57. The van der Waals surface area contributed by atoms with Gasteiger partial charge in [0.15, 0.2) is 0 Å². The van der Waals surface area contributed by atoms with Gasteiger partial charge in [0, 0.05) is 51.4 Å². The van der Waals surface area contributed by atoms with Gasteiger partial charge in [-0.15, -0.1) is 0 Å². The van der Waals surface area contributed by atoms with Crippen LogP contribution in [0, 0.1) is 6.92 Å². The minimum Gasteiger partial charge on any atom is -0.345 e. The molecule has 136 valence electrons. The van der Waals surface area contributed by atoms with Gasteiger partial charge in [-0.2, -0.15) is 0 Å². The van der Waals surface area contributed by atoms with Crippen molar-refractivity contribution in [2.24, 2.45) is 0 Å². The van der Waals surface area contributed by atoms with Gasteiger partial charge in [-0.3, -0.25) is 9.59 Å². The van der Waals surface area contributed by atoms with E-state index in [1.54, 1.807) is 32.3 Å². The van der Waals surface area contributed by atoms with Crippen LogP contribution in [0.1, 0.15) is 35.2 Å². The fourth-order valence-corrected chi connectivity index (χ4v) is 2.72. The van der Waals surface area contributed by atoms with Gasteiger partial charge in [0.2, 0.25) is 5.91 Å². The van der Waals surface area contributed by atoms with Crippen LogP contribution in [0.2, 0.25) is 0 Å². The van der Waals surface area contributed by atoms with E-state index >= 15 is 0 Å². The number of amides is 4. The van der Waals surface area contributed by atoms with E-state index in [2.05, 4.69) is 10.6 Å². The van der Waals surface area contributed by atoms with Crippen LogP contribution in [-0.4, -0.2) is 61.4 Å². The summed E-state index contributed by atoms with van der Waals surface area (Å²) in [6.07, 6.45) is 2.41. The van der Waals surface area contributed by atoms with Crippen LogP contribution in [-0.2, 0) is 4.79 Å². The summed E-state index contributed by atoms with van der Waals surface area (Å²) >= 11 is 0. The summed E-state index contributed by atoms with van der Waals surface area (Å²) in [6, 6.07) is 4.80. The number of carbonyl (C=O) groups excluding carboxylic acids is 3. The van der Waals surface area contributed by atoms with E-state index < -0.39 is 0 Å². The topological polar surface area (TPSA) is 81.8 Å². The van der Waals surface area contributed by atoms with Crippen LogP contribution in [0.15, 0.2) is 18.2 Å². The Morgan fingerprint density at radius 1 is 1.16 bits per heavy atom. The van der Waals surface area contributed by atoms with Gasteiger partial charge in [0.1, 0.15) is 0 Å². The van der Waals surface area contributed by atoms with Crippen LogP contribution >= 0.6 is 0 Å². The van der Waals surface area contributed by atoms with Crippen LogP contribution in [0.3, 0.4) is 0 Å². The van der Waals surface area contributed by atoms with Crippen molar-refractivity contribution in [2.45, 2.75) is 26.2 Å². The van der Waals surface area contributed by atoms with Gasteiger partial charge in [-0.1, -0.05) is 6.07 Å². The largest absolute Gasteiger partial charge is 0.345 e. The molecular weight excluding hydrogens is 320 g/mol. The van der Waals surface area contributed by atoms with E-state index in [0.29, 0.717) is 17.7 Å². The number of hydrogen-bond donors (Lipinski definition) is 2. The molecule has 0 unspecified atom stereocenters. The summed E-state index contributed by atoms with van der Waals surface area (Å²) < 4.78 is 0. The van der Waals surface area contributed by atoms with Gasteiger partial charge in [-0.25, -0.2) is 4.79 Å². The first-order chi connectivity index (χ1) is 11.9. The van der Waals surface area contributed by atoms with Crippen molar-refractivity contribution in [2.75, 3.05) is 39.0 Å². The maximum Gasteiger partial charge on any atom is 0.319 e. The van der Waals surface area contributed by atoms with Crippen LogP contribution < -0.4 is 10.6 Å². The van der Waals surface area contributed by atoms with E-state index in [1.807, 2.05) is 11.8 Å². The second kappa shape index (κ2) is 8.50. The molecule has 0 saturated carbocycles. The summed E-state index contributed by atoms with van der Waals surface area (Å²) in [4.78, 5) is 39.3. The molecular formula is C18H26N4O3. The maximum absolute atomic E-state index is 12.0. The maximum atomic E-state index is 12.0. The lowest BCUT2D eigenvalue weighted by molar-refractivity contribution is -0.129. The Kier molecular flexibility index (Phi) is 6.38. The number of anilines is 1. The number of rotatable bonds is 5. The van der Waals surface area contributed by atoms with Crippen molar-refractivity contribution in [1.29, 1.82) is 0 Å². The van der Waals surface area contributed by atoms with Gasteiger partial charge in [0.05, 0.1) is 0 Å². The van der Waals surface area contributed by atoms with Crippen molar-refractivity contribution in [3.8, 4) is 0 Å². The Labute approximate surface area is 148 Å². The Bertz CT molecular complexity index is 652. The molecule has 4 amide bonds. The summed E-state index contributed by atoms with van der Waals surface area (Å²) in [6.45, 7) is 3.78. The van der Waals surface area contributed by atoms with Gasteiger partial charge < -0.3 is 20.4 Å². The van der Waals surface area contributed by atoms with Gasteiger partial charge in [-0.05, 0) is 37.5 Å². The molecule has 2 N–H and O–H groups in total. The highest BCUT2D eigenvalue weighted by molar-refractivity contribution is 5.97. The van der Waals surface area contributed by atoms with Crippen molar-refractivity contribution in [3.63, 3.8) is 0 Å². The highest BCUT2D eigenvalue weighted by Gasteiger charge is 2.17. The first-order valence-electron chi connectivity index (χ1n) is 8.53. The highest BCUT2D eigenvalue weighted by atomic mass is 16.2. The third kappa shape index (κ3) is 5.20. The molecule has 1 aliphatic heterocycles. The second-order valence-corrected chi connectivity index (χ2v) is 6.45. The number of urea groups is 1. The molecule has 1 aromatic rings. The van der Waals surface area contributed by atoms with E-state index in [1.165, 1.54) is 4.90 Å². The average molecular weight is 346 g/mol. The van der Waals surface area contributed by atoms with Crippen molar-refractivity contribution in [3.05, 3.63) is 29.3 Å². The summed E-state index contributed by atoms with van der Waals surface area (Å²) in [5, 5.41) is 5.43. The lowest BCUT2D eigenvalue weighted by Crippen LogP contribution is -2.34. The van der Waals surface area contributed by atoms with E-state index in [4.69, 9.17) is 0 Å². The van der Waals surface area contributed by atoms with Crippen LogP contribution in [0.25, 0.3) is 0 Å². The number of likely N-dealkylation sites (tertiary alicyclic amines) is 1. The third-order valence-electron chi connectivity index (χ3n) is 4.22. The number of benzene rings is 1. The smallest absolute Gasteiger partial charge is 0.319 e. The minimum atomic E-state index is -0.383. The monoisotopic (exact) mass is 346 g/mol. The number of hydrogen-bond acceptors (Lipinski definition) is 3. The fraction of sp³-hybridized carbons (Fsp3) is 0.500.